The summed E-state index contributed by atoms with van der Waals surface area (Å²) in [6.45, 7) is 6.70. The third-order valence-corrected chi connectivity index (χ3v) is 4.55. The minimum atomic E-state index is -0.408. The molecular formula is C18H27N7O3. The van der Waals surface area contributed by atoms with Crippen LogP contribution in [0.5, 0.6) is 0 Å². The van der Waals surface area contributed by atoms with Crippen LogP contribution in [-0.4, -0.2) is 70.0 Å². The summed E-state index contributed by atoms with van der Waals surface area (Å²) in [6.07, 6.45) is 4.38. The van der Waals surface area contributed by atoms with E-state index in [4.69, 9.17) is 9.47 Å². The van der Waals surface area contributed by atoms with Gasteiger partial charge in [-0.2, -0.15) is 5.10 Å². The first-order valence-corrected chi connectivity index (χ1v) is 9.65. The SMILES string of the molecule is CCOC(CNC(=O)C1CCCN(c2ccc(-n3cncn3)nn2)C1)OCC. The zero-order chi connectivity index (χ0) is 19.8. The summed E-state index contributed by atoms with van der Waals surface area (Å²) in [5, 5.41) is 15.5. The lowest BCUT2D eigenvalue weighted by molar-refractivity contribution is -0.142. The number of carbonyl (C=O) groups excluding carboxylic acids is 1. The number of nitrogens with zero attached hydrogens (tertiary/aromatic N) is 6. The third-order valence-electron chi connectivity index (χ3n) is 4.55. The maximum atomic E-state index is 12.6. The Morgan fingerprint density at radius 3 is 2.64 bits per heavy atom. The van der Waals surface area contributed by atoms with E-state index in [1.54, 1.807) is 11.0 Å². The van der Waals surface area contributed by atoms with Crippen LogP contribution in [0.3, 0.4) is 0 Å². The van der Waals surface area contributed by atoms with Gasteiger partial charge in [0.2, 0.25) is 5.91 Å². The van der Waals surface area contributed by atoms with Gasteiger partial charge in [-0.25, -0.2) is 9.67 Å². The molecule has 1 aliphatic heterocycles. The maximum Gasteiger partial charge on any atom is 0.225 e. The molecule has 1 atom stereocenters. The quantitative estimate of drug-likeness (QED) is 0.627. The Labute approximate surface area is 164 Å². The van der Waals surface area contributed by atoms with Crippen molar-refractivity contribution in [3.05, 3.63) is 24.8 Å². The lowest BCUT2D eigenvalue weighted by Gasteiger charge is -2.32. The first-order chi connectivity index (χ1) is 13.7. The summed E-state index contributed by atoms with van der Waals surface area (Å²) >= 11 is 0. The minimum absolute atomic E-state index is 0.0151. The van der Waals surface area contributed by atoms with Crippen LogP contribution in [0.1, 0.15) is 26.7 Å². The zero-order valence-corrected chi connectivity index (χ0v) is 16.3. The summed E-state index contributed by atoms with van der Waals surface area (Å²) in [5.41, 5.74) is 0. The van der Waals surface area contributed by atoms with Crippen LogP contribution in [0, 0.1) is 5.92 Å². The molecule has 3 rings (SSSR count). The van der Waals surface area contributed by atoms with Crippen molar-refractivity contribution in [2.75, 3.05) is 37.7 Å². The van der Waals surface area contributed by atoms with Crippen molar-refractivity contribution in [2.24, 2.45) is 5.92 Å². The Morgan fingerprint density at radius 1 is 1.25 bits per heavy atom. The molecule has 0 radical (unpaired) electrons. The van der Waals surface area contributed by atoms with Gasteiger partial charge in [0.25, 0.3) is 0 Å². The monoisotopic (exact) mass is 389 g/mol. The first kappa shape index (κ1) is 20.2. The maximum absolute atomic E-state index is 12.6. The fraction of sp³-hybridized carbons (Fsp3) is 0.611. The molecule has 3 heterocycles. The molecule has 1 amide bonds. The van der Waals surface area contributed by atoms with Crippen molar-refractivity contribution in [2.45, 2.75) is 33.0 Å². The van der Waals surface area contributed by atoms with Crippen LogP contribution in [0.15, 0.2) is 24.8 Å². The second kappa shape index (κ2) is 10.1. The van der Waals surface area contributed by atoms with Gasteiger partial charge in [0.05, 0.1) is 12.5 Å². The number of piperidine rings is 1. The Balaban J connectivity index is 1.55. The summed E-state index contributed by atoms with van der Waals surface area (Å²) < 4.78 is 12.5. The van der Waals surface area contributed by atoms with Crippen molar-refractivity contribution < 1.29 is 14.3 Å². The van der Waals surface area contributed by atoms with E-state index in [1.807, 2.05) is 26.0 Å². The van der Waals surface area contributed by atoms with Crippen molar-refractivity contribution in [1.29, 1.82) is 0 Å². The highest BCUT2D eigenvalue weighted by Crippen LogP contribution is 2.21. The van der Waals surface area contributed by atoms with Crippen molar-refractivity contribution in [3.63, 3.8) is 0 Å². The molecule has 0 bridgehead atoms. The molecule has 152 valence electrons. The second-order valence-corrected chi connectivity index (χ2v) is 6.46. The first-order valence-electron chi connectivity index (χ1n) is 9.65. The van der Waals surface area contributed by atoms with E-state index in [0.29, 0.717) is 32.1 Å². The van der Waals surface area contributed by atoms with Gasteiger partial charge in [0.15, 0.2) is 17.9 Å². The molecular weight excluding hydrogens is 362 g/mol. The second-order valence-electron chi connectivity index (χ2n) is 6.46. The summed E-state index contributed by atoms with van der Waals surface area (Å²) in [6, 6.07) is 3.74. The van der Waals surface area contributed by atoms with E-state index in [0.717, 1.165) is 25.2 Å². The lowest BCUT2D eigenvalue weighted by Crippen LogP contribution is -2.45. The molecule has 0 saturated carbocycles. The van der Waals surface area contributed by atoms with Crippen molar-refractivity contribution in [3.8, 4) is 5.82 Å². The molecule has 28 heavy (non-hydrogen) atoms. The Hall–Kier alpha value is -2.59. The topological polar surface area (TPSA) is 107 Å². The fourth-order valence-electron chi connectivity index (χ4n) is 3.20. The Bertz CT molecular complexity index is 717. The van der Waals surface area contributed by atoms with E-state index in [1.165, 1.54) is 6.33 Å². The average Bonchev–Trinajstić information content (AvgIpc) is 3.27. The molecule has 10 nitrogen and oxygen atoms in total. The number of amides is 1. The van der Waals surface area contributed by atoms with Crippen LogP contribution in [0.2, 0.25) is 0 Å². The number of carbonyl (C=O) groups is 1. The van der Waals surface area contributed by atoms with Gasteiger partial charge in [-0.05, 0) is 38.8 Å². The number of nitrogens with one attached hydrogen (secondary N) is 1. The molecule has 0 aromatic carbocycles. The number of hydrogen-bond donors (Lipinski definition) is 1. The zero-order valence-electron chi connectivity index (χ0n) is 16.3. The van der Waals surface area contributed by atoms with Crippen LogP contribution in [-0.2, 0) is 14.3 Å². The number of aromatic nitrogens is 5. The molecule has 0 aliphatic carbocycles. The highest BCUT2D eigenvalue weighted by molar-refractivity contribution is 5.79. The summed E-state index contributed by atoms with van der Waals surface area (Å²) in [5.74, 6) is 1.27. The summed E-state index contributed by atoms with van der Waals surface area (Å²) in [7, 11) is 0. The van der Waals surface area contributed by atoms with Gasteiger partial charge in [-0.1, -0.05) is 0 Å². The predicted octanol–water partition coefficient (Wildman–Crippen LogP) is 0.789. The van der Waals surface area contributed by atoms with E-state index in [2.05, 4.69) is 30.5 Å². The van der Waals surface area contributed by atoms with Gasteiger partial charge in [0.1, 0.15) is 12.7 Å². The van der Waals surface area contributed by atoms with E-state index < -0.39 is 6.29 Å². The van der Waals surface area contributed by atoms with Gasteiger partial charge in [-0.15, -0.1) is 10.2 Å². The smallest absolute Gasteiger partial charge is 0.225 e. The number of ether oxygens (including phenoxy) is 2. The molecule has 2 aromatic rings. The van der Waals surface area contributed by atoms with Crippen LogP contribution >= 0.6 is 0 Å². The fourth-order valence-corrected chi connectivity index (χ4v) is 3.20. The molecule has 2 aromatic heterocycles. The molecule has 10 heteroatoms. The molecule has 1 saturated heterocycles. The van der Waals surface area contributed by atoms with Gasteiger partial charge in [-0.3, -0.25) is 4.79 Å². The number of hydrogen-bond acceptors (Lipinski definition) is 8. The predicted molar refractivity (Wildman–Crippen MR) is 102 cm³/mol. The Kier molecular flexibility index (Phi) is 7.26. The van der Waals surface area contributed by atoms with E-state index in [-0.39, 0.29) is 11.8 Å². The molecule has 1 aliphatic rings. The Morgan fingerprint density at radius 2 is 2.00 bits per heavy atom. The van der Waals surface area contributed by atoms with Crippen molar-refractivity contribution in [1.82, 2.24) is 30.3 Å². The lowest BCUT2D eigenvalue weighted by atomic mass is 9.97. The molecule has 1 unspecified atom stereocenters. The standard InChI is InChI=1S/C18H27N7O3/c1-3-27-17(28-4-2)10-20-18(26)14-6-5-9-24(11-14)15-7-8-16(23-22-15)25-13-19-12-21-25/h7-8,12-14,17H,3-6,9-11H2,1-2H3,(H,20,26). The van der Waals surface area contributed by atoms with Gasteiger partial charge < -0.3 is 19.7 Å². The van der Waals surface area contributed by atoms with Crippen LogP contribution < -0.4 is 10.2 Å². The van der Waals surface area contributed by atoms with Crippen LogP contribution in [0.4, 0.5) is 5.82 Å². The molecule has 1 fully saturated rings. The number of rotatable bonds is 9. The van der Waals surface area contributed by atoms with Gasteiger partial charge in [0, 0.05) is 26.3 Å². The largest absolute Gasteiger partial charge is 0.354 e. The number of anilines is 1. The normalized spacial score (nSPS) is 17.1. The molecule has 0 spiro atoms. The highest BCUT2D eigenvalue weighted by atomic mass is 16.7. The van der Waals surface area contributed by atoms with E-state index >= 15 is 0 Å². The van der Waals surface area contributed by atoms with E-state index in [9.17, 15) is 4.79 Å². The highest BCUT2D eigenvalue weighted by Gasteiger charge is 2.27. The minimum Gasteiger partial charge on any atom is -0.354 e. The summed E-state index contributed by atoms with van der Waals surface area (Å²) in [4.78, 5) is 18.6. The molecule has 1 N–H and O–H groups in total. The third kappa shape index (κ3) is 5.23. The van der Waals surface area contributed by atoms with Gasteiger partial charge >= 0.3 is 0 Å². The van der Waals surface area contributed by atoms with Crippen LogP contribution in [0.25, 0.3) is 5.82 Å². The average molecular weight is 389 g/mol. The van der Waals surface area contributed by atoms with Crippen molar-refractivity contribution >= 4 is 11.7 Å².